The molecule has 1 aliphatic rings. The summed E-state index contributed by atoms with van der Waals surface area (Å²) in [4.78, 5) is 11.0. The molecular weight excluding hydrogens is 136 g/mol. The molecule has 1 rings (SSSR count). The Morgan fingerprint density at radius 3 is 2.55 bits per heavy atom. The minimum absolute atomic E-state index is 0.161. The monoisotopic (exact) mass is 150 g/mol. The fourth-order valence-corrected chi connectivity index (χ4v) is 1.24. The molecule has 0 saturated carbocycles. The maximum atomic E-state index is 11.0. The zero-order valence-corrected chi connectivity index (χ0v) is 7.35. The first kappa shape index (κ1) is 8.25. The molecule has 0 aliphatic heterocycles. The Kier molecular flexibility index (Phi) is 1.99. The largest absolute Gasteiger partial charge is 0.295 e. The van der Waals surface area contributed by atoms with E-state index in [9.17, 15) is 4.79 Å². The molecule has 0 fully saturated rings. The quantitative estimate of drug-likeness (QED) is 0.561. The molecular formula is C10H14O. The molecule has 0 aromatic rings. The third-order valence-electron chi connectivity index (χ3n) is 1.89. The molecule has 0 atom stereocenters. The van der Waals surface area contributed by atoms with Crippen molar-refractivity contribution in [2.24, 2.45) is 5.41 Å². The van der Waals surface area contributed by atoms with Gasteiger partial charge in [0.15, 0.2) is 5.78 Å². The van der Waals surface area contributed by atoms with Gasteiger partial charge in [-0.15, -0.1) is 0 Å². The van der Waals surface area contributed by atoms with Gasteiger partial charge in [0.05, 0.1) is 0 Å². The molecule has 0 saturated heterocycles. The van der Waals surface area contributed by atoms with E-state index in [-0.39, 0.29) is 11.2 Å². The molecule has 0 aromatic carbocycles. The molecule has 60 valence electrons. The van der Waals surface area contributed by atoms with Crippen LogP contribution in [-0.4, -0.2) is 5.78 Å². The summed E-state index contributed by atoms with van der Waals surface area (Å²) in [5.41, 5.74) is 1.01. The predicted molar refractivity (Wildman–Crippen MR) is 46.3 cm³/mol. The van der Waals surface area contributed by atoms with E-state index in [1.165, 1.54) is 0 Å². The SMILES string of the molecule is CC(=O)C1=CC(C)(C)CC=C1. The molecule has 0 N–H and O–H groups in total. The third kappa shape index (κ3) is 2.04. The molecule has 0 radical (unpaired) electrons. The number of ketones is 1. The average molecular weight is 150 g/mol. The van der Waals surface area contributed by atoms with E-state index in [4.69, 9.17) is 0 Å². The third-order valence-corrected chi connectivity index (χ3v) is 1.89. The van der Waals surface area contributed by atoms with Crippen LogP contribution in [0.1, 0.15) is 27.2 Å². The van der Waals surface area contributed by atoms with E-state index in [0.29, 0.717) is 0 Å². The summed E-state index contributed by atoms with van der Waals surface area (Å²) in [6, 6.07) is 0. The molecule has 0 amide bonds. The lowest BCUT2D eigenvalue weighted by atomic mass is 9.83. The topological polar surface area (TPSA) is 17.1 Å². The summed E-state index contributed by atoms with van der Waals surface area (Å²) in [5.74, 6) is 0.161. The fourth-order valence-electron chi connectivity index (χ4n) is 1.24. The Morgan fingerprint density at radius 2 is 2.18 bits per heavy atom. The lowest BCUT2D eigenvalue weighted by Crippen LogP contribution is -2.12. The molecule has 0 heterocycles. The fraction of sp³-hybridized carbons (Fsp3) is 0.500. The second kappa shape index (κ2) is 2.65. The van der Waals surface area contributed by atoms with Crippen molar-refractivity contribution in [2.75, 3.05) is 0 Å². The normalized spacial score (nSPS) is 21.2. The van der Waals surface area contributed by atoms with Gasteiger partial charge in [0.2, 0.25) is 0 Å². The molecule has 0 unspecified atom stereocenters. The van der Waals surface area contributed by atoms with Crippen molar-refractivity contribution in [3.8, 4) is 0 Å². The lowest BCUT2D eigenvalue weighted by molar-refractivity contribution is -0.113. The van der Waals surface area contributed by atoms with E-state index >= 15 is 0 Å². The Morgan fingerprint density at radius 1 is 1.55 bits per heavy atom. The summed E-state index contributed by atoms with van der Waals surface area (Å²) < 4.78 is 0. The van der Waals surface area contributed by atoms with Crippen LogP contribution in [0.3, 0.4) is 0 Å². The number of rotatable bonds is 1. The highest BCUT2D eigenvalue weighted by atomic mass is 16.1. The van der Waals surface area contributed by atoms with E-state index in [1.807, 2.05) is 6.08 Å². The van der Waals surface area contributed by atoms with Crippen LogP contribution >= 0.6 is 0 Å². The Balaban J connectivity index is 2.89. The highest BCUT2D eigenvalue weighted by Gasteiger charge is 2.17. The van der Waals surface area contributed by atoms with Crippen molar-refractivity contribution in [3.05, 3.63) is 23.8 Å². The van der Waals surface area contributed by atoms with Crippen molar-refractivity contribution in [3.63, 3.8) is 0 Å². The molecule has 0 spiro atoms. The zero-order chi connectivity index (χ0) is 8.48. The maximum Gasteiger partial charge on any atom is 0.159 e. The van der Waals surface area contributed by atoms with Crippen molar-refractivity contribution >= 4 is 5.78 Å². The van der Waals surface area contributed by atoms with Crippen LogP contribution in [0.2, 0.25) is 0 Å². The zero-order valence-electron chi connectivity index (χ0n) is 7.35. The average Bonchev–Trinajstić information content (AvgIpc) is 1.85. The van der Waals surface area contributed by atoms with Crippen LogP contribution < -0.4 is 0 Å². The van der Waals surface area contributed by atoms with Crippen LogP contribution in [0.4, 0.5) is 0 Å². The maximum absolute atomic E-state index is 11.0. The summed E-state index contributed by atoms with van der Waals surface area (Å²) in [6.07, 6.45) is 7.06. The molecule has 1 nitrogen and oxygen atoms in total. The van der Waals surface area contributed by atoms with Crippen LogP contribution in [-0.2, 0) is 4.79 Å². The first-order valence-electron chi connectivity index (χ1n) is 3.92. The van der Waals surface area contributed by atoms with Gasteiger partial charge in [-0.2, -0.15) is 0 Å². The van der Waals surface area contributed by atoms with E-state index in [2.05, 4.69) is 26.0 Å². The number of allylic oxidation sites excluding steroid dienone is 4. The van der Waals surface area contributed by atoms with Crippen molar-refractivity contribution in [1.29, 1.82) is 0 Å². The predicted octanol–water partition coefficient (Wildman–Crippen LogP) is 2.49. The van der Waals surface area contributed by atoms with Crippen molar-refractivity contribution < 1.29 is 4.79 Å². The summed E-state index contributed by atoms with van der Waals surface area (Å²) >= 11 is 0. The molecule has 11 heavy (non-hydrogen) atoms. The van der Waals surface area contributed by atoms with Gasteiger partial charge < -0.3 is 0 Å². The second-order valence-electron chi connectivity index (χ2n) is 3.75. The number of hydrogen-bond donors (Lipinski definition) is 0. The lowest BCUT2D eigenvalue weighted by Gasteiger charge is -2.22. The van der Waals surface area contributed by atoms with Gasteiger partial charge in [0.25, 0.3) is 0 Å². The van der Waals surface area contributed by atoms with Crippen LogP contribution in [0.25, 0.3) is 0 Å². The van der Waals surface area contributed by atoms with Crippen molar-refractivity contribution in [1.82, 2.24) is 0 Å². The summed E-state index contributed by atoms with van der Waals surface area (Å²) in [5, 5.41) is 0. The standard InChI is InChI=1S/C10H14O/c1-8(11)9-5-4-6-10(2,3)7-9/h4-5,7H,6H2,1-3H3. The van der Waals surface area contributed by atoms with Gasteiger partial charge >= 0.3 is 0 Å². The van der Waals surface area contributed by atoms with Crippen LogP contribution in [0.5, 0.6) is 0 Å². The van der Waals surface area contributed by atoms with E-state index in [0.717, 1.165) is 12.0 Å². The highest BCUT2D eigenvalue weighted by Crippen LogP contribution is 2.28. The van der Waals surface area contributed by atoms with Gasteiger partial charge in [-0.1, -0.05) is 32.1 Å². The van der Waals surface area contributed by atoms with Crippen LogP contribution in [0, 0.1) is 5.41 Å². The summed E-state index contributed by atoms with van der Waals surface area (Å²) in [7, 11) is 0. The number of carbonyl (C=O) groups excluding carboxylic acids is 1. The van der Waals surface area contributed by atoms with Crippen molar-refractivity contribution in [2.45, 2.75) is 27.2 Å². The summed E-state index contributed by atoms with van der Waals surface area (Å²) in [6.45, 7) is 5.89. The minimum Gasteiger partial charge on any atom is -0.295 e. The van der Waals surface area contributed by atoms with Gasteiger partial charge in [0.1, 0.15) is 0 Å². The molecule has 1 aliphatic carbocycles. The Bertz CT molecular complexity index is 231. The first-order valence-corrected chi connectivity index (χ1v) is 3.92. The Labute approximate surface area is 67.8 Å². The number of Topliss-reactive ketones (excluding diaryl/α,β-unsaturated/α-hetero) is 1. The molecule has 0 bridgehead atoms. The first-order chi connectivity index (χ1) is 5.01. The van der Waals surface area contributed by atoms with Gasteiger partial charge in [-0.25, -0.2) is 0 Å². The second-order valence-corrected chi connectivity index (χ2v) is 3.75. The van der Waals surface area contributed by atoms with E-state index in [1.54, 1.807) is 6.92 Å². The molecule has 1 heteroatoms. The molecule has 0 aromatic heterocycles. The van der Waals surface area contributed by atoms with Gasteiger partial charge in [-0.05, 0) is 18.8 Å². The van der Waals surface area contributed by atoms with Gasteiger partial charge in [-0.3, -0.25) is 4.79 Å². The number of hydrogen-bond acceptors (Lipinski definition) is 1. The number of carbonyl (C=O) groups is 1. The highest BCUT2D eigenvalue weighted by molar-refractivity contribution is 5.96. The minimum atomic E-state index is 0.161. The Hall–Kier alpha value is -0.850. The smallest absolute Gasteiger partial charge is 0.159 e. The van der Waals surface area contributed by atoms with E-state index < -0.39 is 0 Å². The van der Waals surface area contributed by atoms with Gasteiger partial charge in [0, 0.05) is 5.57 Å². The van der Waals surface area contributed by atoms with Crippen LogP contribution in [0.15, 0.2) is 23.8 Å².